The SMILES string of the molecule is S=C1Nc2cc(Br)ccc2N2CCc3cccc1c32. The second kappa shape index (κ2) is 4.05. The Morgan fingerprint density at radius 2 is 2.11 bits per heavy atom. The monoisotopic (exact) mass is 330 g/mol. The van der Waals surface area contributed by atoms with Crippen LogP contribution in [-0.4, -0.2) is 11.5 Å². The Labute approximate surface area is 125 Å². The van der Waals surface area contributed by atoms with Gasteiger partial charge in [0.1, 0.15) is 4.99 Å². The number of nitrogens with one attached hydrogen (secondary N) is 1. The van der Waals surface area contributed by atoms with Crippen molar-refractivity contribution in [2.75, 3.05) is 16.8 Å². The lowest BCUT2D eigenvalue weighted by Gasteiger charge is -2.21. The van der Waals surface area contributed by atoms with E-state index in [0.29, 0.717) is 0 Å². The molecule has 19 heavy (non-hydrogen) atoms. The van der Waals surface area contributed by atoms with E-state index >= 15 is 0 Å². The van der Waals surface area contributed by atoms with Crippen molar-refractivity contribution in [2.45, 2.75) is 6.42 Å². The minimum Gasteiger partial charge on any atom is -0.344 e. The van der Waals surface area contributed by atoms with Crippen LogP contribution < -0.4 is 10.2 Å². The molecule has 0 atom stereocenters. The van der Waals surface area contributed by atoms with E-state index in [-0.39, 0.29) is 0 Å². The molecule has 0 saturated heterocycles. The highest BCUT2D eigenvalue weighted by atomic mass is 79.9. The van der Waals surface area contributed by atoms with Crippen molar-refractivity contribution in [1.82, 2.24) is 0 Å². The van der Waals surface area contributed by atoms with Gasteiger partial charge in [-0.2, -0.15) is 0 Å². The molecule has 0 radical (unpaired) electrons. The van der Waals surface area contributed by atoms with Crippen molar-refractivity contribution in [2.24, 2.45) is 0 Å². The molecule has 2 aromatic carbocycles. The molecule has 0 aliphatic carbocycles. The van der Waals surface area contributed by atoms with Gasteiger partial charge in [-0.1, -0.05) is 40.3 Å². The van der Waals surface area contributed by atoms with Crippen molar-refractivity contribution in [3.63, 3.8) is 0 Å². The Hall–Kier alpha value is -1.39. The van der Waals surface area contributed by atoms with Crippen LogP contribution in [0.1, 0.15) is 11.1 Å². The first-order valence-electron chi connectivity index (χ1n) is 6.24. The van der Waals surface area contributed by atoms with Crippen molar-refractivity contribution in [1.29, 1.82) is 0 Å². The highest BCUT2D eigenvalue weighted by Crippen LogP contribution is 2.44. The first-order valence-corrected chi connectivity index (χ1v) is 7.44. The number of anilines is 3. The summed E-state index contributed by atoms with van der Waals surface area (Å²) in [6.07, 6.45) is 1.08. The summed E-state index contributed by atoms with van der Waals surface area (Å²) >= 11 is 9.08. The number of nitrogens with zero attached hydrogens (tertiary/aromatic N) is 1. The van der Waals surface area contributed by atoms with E-state index in [0.717, 1.165) is 33.7 Å². The van der Waals surface area contributed by atoms with Crippen LogP contribution in [0, 0.1) is 0 Å². The molecular weight excluding hydrogens is 320 g/mol. The third kappa shape index (κ3) is 1.63. The summed E-state index contributed by atoms with van der Waals surface area (Å²) in [6, 6.07) is 12.7. The molecule has 2 aliphatic rings. The van der Waals surface area contributed by atoms with Crippen LogP contribution in [0.15, 0.2) is 40.9 Å². The normalized spacial score (nSPS) is 15.6. The number of rotatable bonds is 0. The van der Waals surface area contributed by atoms with Crippen molar-refractivity contribution in [3.05, 3.63) is 52.0 Å². The molecule has 2 aromatic rings. The summed E-state index contributed by atoms with van der Waals surface area (Å²) in [7, 11) is 0. The number of hydrogen-bond donors (Lipinski definition) is 1. The van der Waals surface area contributed by atoms with E-state index in [1.807, 2.05) is 0 Å². The molecule has 0 unspecified atom stereocenters. The maximum Gasteiger partial charge on any atom is 0.113 e. The molecule has 4 rings (SSSR count). The van der Waals surface area contributed by atoms with Crippen molar-refractivity contribution >= 4 is 50.2 Å². The molecular formula is C15H11BrN2S. The van der Waals surface area contributed by atoms with Crippen LogP contribution >= 0.6 is 28.1 Å². The number of hydrogen-bond acceptors (Lipinski definition) is 2. The average Bonchev–Trinajstić information content (AvgIpc) is 2.77. The van der Waals surface area contributed by atoms with Gasteiger partial charge in [0.25, 0.3) is 0 Å². The fourth-order valence-corrected chi connectivity index (χ4v) is 3.55. The van der Waals surface area contributed by atoms with Crippen LogP contribution in [0.3, 0.4) is 0 Å². The minimum atomic E-state index is 0.806. The third-order valence-electron chi connectivity index (χ3n) is 3.74. The van der Waals surface area contributed by atoms with E-state index in [2.05, 4.69) is 62.5 Å². The lowest BCUT2D eigenvalue weighted by molar-refractivity contribution is 1.000. The molecule has 0 saturated carbocycles. The highest BCUT2D eigenvalue weighted by molar-refractivity contribution is 9.10. The van der Waals surface area contributed by atoms with E-state index in [4.69, 9.17) is 12.2 Å². The number of halogens is 1. The molecule has 0 amide bonds. The number of para-hydroxylation sites is 1. The third-order valence-corrected chi connectivity index (χ3v) is 4.55. The first kappa shape index (κ1) is 11.4. The van der Waals surface area contributed by atoms with Gasteiger partial charge in [0.15, 0.2) is 0 Å². The first-order chi connectivity index (χ1) is 9.24. The summed E-state index contributed by atoms with van der Waals surface area (Å²) in [6.45, 7) is 1.02. The zero-order chi connectivity index (χ0) is 13.0. The van der Waals surface area contributed by atoms with Gasteiger partial charge in [-0.15, -0.1) is 0 Å². The number of thiocarbonyl (C=S) groups is 1. The fourth-order valence-electron chi connectivity index (χ4n) is 2.91. The van der Waals surface area contributed by atoms with Crippen LogP contribution in [0.25, 0.3) is 0 Å². The molecule has 2 aliphatic heterocycles. The molecule has 0 fully saturated rings. The summed E-state index contributed by atoms with van der Waals surface area (Å²) in [5, 5.41) is 3.37. The Bertz CT molecular complexity index is 711. The zero-order valence-electron chi connectivity index (χ0n) is 10.1. The minimum absolute atomic E-state index is 0.806. The van der Waals surface area contributed by atoms with Gasteiger partial charge >= 0.3 is 0 Å². The van der Waals surface area contributed by atoms with Gasteiger partial charge in [0.05, 0.1) is 17.1 Å². The second-order valence-corrected chi connectivity index (χ2v) is 6.15. The summed E-state index contributed by atoms with van der Waals surface area (Å²) in [5.74, 6) is 0. The van der Waals surface area contributed by atoms with E-state index < -0.39 is 0 Å². The largest absolute Gasteiger partial charge is 0.344 e. The lowest BCUT2D eigenvalue weighted by Crippen LogP contribution is -2.13. The van der Waals surface area contributed by atoms with E-state index in [1.54, 1.807) is 0 Å². The van der Waals surface area contributed by atoms with Gasteiger partial charge in [-0.05, 0) is 36.2 Å². The topological polar surface area (TPSA) is 15.3 Å². The van der Waals surface area contributed by atoms with Gasteiger partial charge in [0.2, 0.25) is 0 Å². The smallest absolute Gasteiger partial charge is 0.113 e. The highest BCUT2D eigenvalue weighted by Gasteiger charge is 2.29. The molecule has 0 spiro atoms. The molecule has 94 valence electrons. The Morgan fingerprint density at radius 3 is 3.00 bits per heavy atom. The predicted molar refractivity (Wildman–Crippen MR) is 86.6 cm³/mol. The zero-order valence-corrected chi connectivity index (χ0v) is 12.5. The molecule has 1 N–H and O–H groups in total. The van der Waals surface area contributed by atoms with Crippen molar-refractivity contribution in [3.8, 4) is 0 Å². The van der Waals surface area contributed by atoms with Crippen LogP contribution in [-0.2, 0) is 6.42 Å². The molecule has 0 bridgehead atoms. The lowest BCUT2D eigenvalue weighted by atomic mass is 10.1. The van der Waals surface area contributed by atoms with Crippen molar-refractivity contribution < 1.29 is 0 Å². The van der Waals surface area contributed by atoms with E-state index in [1.165, 1.54) is 16.9 Å². The molecule has 4 heteroatoms. The molecule has 2 heterocycles. The second-order valence-electron chi connectivity index (χ2n) is 4.83. The quantitative estimate of drug-likeness (QED) is 0.727. The van der Waals surface area contributed by atoms with Crippen LogP contribution in [0.2, 0.25) is 0 Å². The standard InChI is InChI=1S/C15H11BrN2S/c16-10-4-5-13-12(8-10)17-15(19)11-3-1-2-9-6-7-18(13)14(9)11/h1-5,8H,6-7H2,(H,17,19). The van der Waals surface area contributed by atoms with E-state index in [9.17, 15) is 0 Å². The fraction of sp³-hybridized carbons (Fsp3) is 0.133. The Balaban J connectivity index is 2.02. The predicted octanol–water partition coefficient (Wildman–Crippen LogP) is 4.24. The van der Waals surface area contributed by atoms with Gasteiger partial charge < -0.3 is 10.2 Å². The van der Waals surface area contributed by atoms with Gasteiger partial charge in [0, 0.05) is 16.6 Å². The Kier molecular flexibility index (Phi) is 2.44. The van der Waals surface area contributed by atoms with Gasteiger partial charge in [-0.3, -0.25) is 0 Å². The molecule has 2 nitrogen and oxygen atoms in total. The Morgan fingerprint density at radius 1 is 1.21 bits per heavy atom. The summed E-state index contributed by atoms with van der Waals surface area (Å²) in [4.78, 5) is 3.18. The van der Waals surface area contributed by atoms with Crippen LogP contribution in [0.5, 0.6) is 0 Å². The maximum absolute atomic E-state index is 5.55. The maximum atomic E-state index is 5.55. The number of benzene rings is 2. The molecule has 0 aromatic heterocycles. The summed E-state index contributed by atoms with van der Waals surface area (Å²) in [5.41, 5.74) is 6.08. The van der Waals surface area contributed by atoms with Gasteiger partial charge in [-0.25, -0.2) is 0 Å². The summed E-state index contributed by atoms with van der Waals surface area (Å²) < 4.78 is 1.06. The van der Waals surface area contributed by atoms with Crippen LogP contribution in [0.4, 0.5) is 17.1 Å². The number of fused-ring (bicyclic) bond motifs is 2. The average molecular weight is 331 g/mol.